The first-order chi connectivity index (χ1) is 6.72. The van der Waals surface area contributed by atoms with Gasteiger partial charge in [0.05, 0.1) is 0 Å². The Balaban J connectivity index is 1.97. The number of fused-ring (bicyclic) bond motifs is 2. The van der Waals surface area contributed by atoms with Gasteiger partial charge < -0.3 is 4.90 Å². The monoisotopic (exact) mass is 195 g/mol. The molecule has 0 aromatic rings. The highest BCUT2D eigenvalue weighted by molar-refractivity contribution is 4.93. The van der Waals surface area contributed by atoms with Gasteiger partial charge in [-0.25, -0.2) is 0 Å². The van der Waals surface area contributed by atoms with Crippen molar-refractivity contribution >= 4 is 0 Å². The lowest BCUT2D eigenvalue weighted by atomic mass is 9.77. The smallest absolute Gasteiger partial charge is 0.00126 e. The van der Waals surface area contributed by atoms with Crippen LogP contribution in [0, 0.1) is 23.7 Å². The molecule has 0 radical (unpaired) electrons. The molecule has 0 aromatic heterocycles. The van der Waals surface area contributed by atoms with Gasteiger partial charge in [-0.05, 0) is 49.5 Å². The Bertz CT molecular complexity index is 174. The normalized spacial score (nSPS) is 38.1. The highest BCUT2D eigenvalue weighted by Crippen LogP contribution is 2.45. The van der Waals surface area contributed by atoms with Crippen molar-refractivity contribution < 1.29 is 0 Å². The van der Waals surface area contributed by atoms with E-state index in [2.05, 4.69) is 25.7 Å². The van der Waals surface area contributed by atoms with Crippen LogP contribution in [0.4, 0.5) is 0 Å². The summed E-state index contributed by atoms with van der Waals surface area (Å²) < 4.78 is 0. The highest BCUT2D eigenvalue weighted by atomic mass is 15.1. The van der Waals surface area contributed by atoms with Crippen LogP contribution in [0.1, 0.15) is 40.0 Å². The molecule has 0 aromatic carbocycles. The second kappa shape index (κ2) is 4.22. The molecule has 0 N–H and O–H groups in total. The van der Waals surface area contributed by atoms with Crippen LogP contribution >= 0.6 is 0 Å². The number of nitrogens with zero attached hydrogens (tertiary/aromatic N) is 1. The molecule has 1 saturated heterocycles. The first kappa shape index (κ1) is 10.5. The van der Waals surface area contributed by atoms with E-state index in [1.165, 1.54) is 38.9 Å². The fraction of sp³-hybridized carbons (Fsp3) is 1.00. The molecule has 14 heavy (non-hydrogen) atoms. The number of hydrogen-bond acceptors (Lipinski definition) is 1. The van der Waals surface area contributed by atoms with Crippen LogP contribution in [-0.4, -0.2) is 24.5 Å². The Morgan fingerprint density at radius 3 is 2.14 bits per heavy atom. The lowest BCUT2D eigenvalue weighted by molar-refractivity contribution is 0.0816. The van der Waals surface area contributed by atoms with Crippen molar-refractivity contribution in [2.24, 2.45) is 23.7 Å². The summed E-state index contributed by atoms with van der Waals surface area (Å²) in [4.78, 5) is 2.71. The Hall–Kier alpha value is -0.0400. The third-order valence-electron chi connectivity index (χ3n) is 4.29. The molecular formula is C13H25N. The zero-order valence-electron chi connectivity index (χ0n) is 10.00. The topological polar surface area (TPSA) is 3.24 Å². The van der Waals surface area contributed by atoms with Crippen LogP contribution in [0.3, 0.4) is 0 Å². The zero-order valence-corrected chi connectivity index (χ0v) is 10.00. The minimum absolute atomic E-state index is 0.913. The third-order valence-corrected chi connectivity index (χ3v) is 4.29. The Kier molecular flexibility index (Phi) is 3.16. The van der Waals surface area contributed by atoms with Crippen molar-refractivity contribution in [3.63, 3.8) is 0 Å². The molecule has 1 unspecified atom stereocenters. The van der Waals surface area contributed by atoms with Crippen molar-refractivity contribution in [3.8, 4) is 0 Å². The average molecular weight is 195 g/mol. The van der Waals surface area contributed by atoms with Gasteiger partial charge in [-0.2, -0.15) is 0 Å². The summed E-state index contributed by atoms with van der Waals surface area (Å²) >= 11 is 0. The van der Waals surface area contributed by atoms with Gasteiger partial charge >= 0.3 is 0 Å². The lowest BCUT2D eigenvalue weighted by Crippen LogP contribution is -2.43. The summed E-state index contributed by atoms with van der Waals surface area (Å²) in [7, 11) is 0. The third kappa shape index (κ3) is 1.84. The number of likely N-dealkylation sites (tertiary alicyclic amines) is 1. The molecule has 2 fully saturated rings. The fourth-order valence-corrected chi connectivity index (χ4v) is 3.95. The summed E-state index contributed by atoms with van der Waals surface area (Å²) in [5.41, 5.74) is 0. The second-order valence-corrected chi connectivity index (χ2v) is 5.68. The first-order valence-electron chi connectivity index (χ1n) is 6.44. The van der Waals surface area contributed by atoms with Crippen molar-refractivity contribution in [1.29, 1.82) is 0 Å². The van der Waals surface area contributed by atoms with Gasteiger partial charge in [0.15, 0.2) is 0 Å². The lowest BCUT2D eigenvalue weighted by Gasteiger charge is -2.40. The first-order valence-corrected chi connectivity index (χ1v) is 6.44. The highest BCUT2D eigenvalue weighted by Gasteiger charge is 2.42. The van der Waals surface area contributed by atoms with E-state index < -0.39 is 0 Å². The largest absolute Gasteiger partial charge is 0.303 e. The van der Waals surface area contributed by atoms with E-state index in [0.717, 1.165) is 23.7 Å². The summed E-state index contributed by atoms with van der Waals surface area (Å²) in [5, 5.41) is 0. The predicted octanol–water partition coefficient (Wildman–Crippen LogP) is 3.01. The molecule has 2 rings (SSSR count). The maximum absolute atomic E-state index is 2.71. The summed E-state index contributed by atoms with van der Waals surface area (Å²) in [6.07, 6.45) is 4.34. The fourth-order valence-electron chi connectivity index (χ4n) is 3.95. The van der Waals surface area contributed by atoms with E-state index in [0.29, 0.717) is 0 Å². The van der Waals surface area contributed by atoms with Crippen molar-refractivity contribution in [1.82, 2.24) is 4.90 Å². The summed E-state index contributed by atoms with van der Waals surface area (Å²) in [6, 6.07) is 0. The number of rotatable bonds is 3. The van der Waals surface area contributed by atoms with Crippen molar-refractivity contribution in [3.05, 3.63) is 0 Å². The van der Waals surface area contributed by atoms with Gasteiger partial charge in [0, 0.05) is 13.1 Å². The molecule has 1 heteroatoms. The van der Waals surface area contributed by atoms with Crippen LogP contribution < -0.4 is 0 Å². The van der Waals surface area contributed by atoms with Crippen molar-refractivity contribution in [2.45, 2.75) is 40.0 Å². The van der Waals surface area contributed by atoms with Crippen LogP contribution in [-0.2, 0) is 0 Å². The quantitative estimate of drug-likeness (QED) is 0.669. The molecule has 1 heterocycles. The van der Waals surface area contributed by atoms with Crippen molar-refractivity contribution in [2.75, 3.05) is 19.6 Å². The van der Waals surface area contributed by atoms with E-state index in [4.69, 9.17) is 0 Å². The zero-order chi connectivity index (χ0) is 10.1. The minimum Gasteiger partial charge on any atom is -0.303 e. The van der Waals surface area contributed by atoms with Crippen LogP contribution in [0.15, 0.2) is 0 Å². The van der Waals surface area contributed by atoms with Gasteiger partial charge in [-0.1, -0.05) is 20.8 Å². The van der Waals surface area contributed by atoms with Crippen LogP contribution in [0.2, 0.25) is 0 Å². The standard InChI is InChI=1S/C13H25N/c1-4-7-14-8-11-5-6-12(9-14)13(11)10(2)3/h10-13H,4-9H2,1-3H3/t11-,12+,13?. The Morgan fingerprint density at radius 2 is 1.71 bits per heavy atom. The average Bonchev–Trinajstić information content (AvgIpc) is 2.39. The second-order valence-electron chi connectivity index (χ2n) is 5.68. The molecule has 1 aliphatic carbocycles. The predicted molar refractivity (Wildman–Crippen MR) is 61.3 cm³/mol. The molecule has 82 valence electrons. The molecule has 1 nitrogen and oxygen atoms in total. The van der Waals surface area contributed by atoms with Crippen LogP contribution in [0.5, 0.6) is 0 Å². The molecule has 3 atom stereocenters. The molecule has 1 saturated carbocycles. The minimum atomic E-state index is 0.913. The van der Waals surface area contributed by atoms with Crippen LogP contribution in [0.25, 0.3) is 0 Å². The molecular weight excluding hydrogens is 170 g/mol. The maximum Gasteiger partial charge on any atom is 0.00126 e. The number of hydrogen-bond donors (Lipinski definition) is 0. The van der Waals surface area contributed by atoms with E-state index >= 15 is 0 Å². The van der Waals surface area contributed by atoms with Gasteiger partial charge in [0.2, 0.25) is 0 Å². The maximum atomic E-state index is 2.71. The number of piperidine rings is 1. The summed E-state index contributed by atoms with van der Waals surface area (Å²) in [5.74, 6) is 4.01. The Labute approximate surface area is 88.9 Å². The van der Waals surface area contributed by atoms with Gasteiger partial charge in [-0.3, -0.25) is 0 Å². The van der Waals surface area contributed by atoms with E-state index in [1.54, 1.807) is 0 Å². The molecule has 1 aliphatic heterocycles. The Morgan fingerprint density at radius 1 is 1.14 bits per heavy atom. The molecule has 2 bridgehead atoms. The molecule has 0 amide bonds. The van der Waals surface area contributed by atoms with E-state index in [9.17, 15) is 0 Å². The molecule has 2 aliphatic rings. The van der Waals surface area contributed by atoms with Gasteiger partial charge in [-0.15, -0.1) is 0 Å². The van der Waals surface area contributed by atoms with Gasteiger partial charge in [0.1, 0.15) is 0 Å². The SMILES string of the molecule is CCCN1C[C@H]2CC[C@@H](C1)C2C(C)C. The van der Waals surface area contributed by atoms with E-state index in [1.807, 2.05) is 0 Å². The summed E-state index contributed by atoms with van der Waals surface area (Å²) in [6.45, 7) is 11.3. The van der Waals surface area contributed by atoms with E-state index in [-0.39, 0.29) is 0 Å². The molecule has 0 spiro atoms. The van der Waals surface area contributed by atoms with Gasteiger partial charge in [0.25, 0.3) is 0 Å².